The number of hydrogen-bond acceptors (Lipinski definition) is 3. The van der Waals surface area contributed by atoms with E-state index in [1.807, 2.05) is 12.1 Å². The van der Waals surface area contributed by atoms with Gasteiger partial charge in [-0.1, -0.05) is 24.6 Å². The van der Waals surface area contributed by atoms with E-state index in [0.717, 1.165) is 25.7 Å². The summed E-state index contributed by atoms with van der Waals surface area (Å²) in [5, 5.41) is 3.55. The number of carbonyl (C=O) groups is 1. The number of esters is 1. The lowest BCUT2D eigenvalue weighted by Gasteiger charge is -2.29. The minimum absolute atomic E-state index is 0.0604. The molecule has 2 unspecified atom stereocenters. The van der Waals surface area contributed by atoms with Crippen LogP contribution in [0.15, 0.2) is 24.3 Å². The van der Waals surface area contributed by atoms with Crippen molar-refractivity contribution in [3.63, 3.8) is 0 Å². The maximum absolute atomic E-state index is 11.6. The van der Waals surface area contributed by atoms with Crippen LogP contribution in [-0.2, 0) is 9.53 Å². The molecule has 1 aromatic rings. The Kier molecular flexibility index (Phi) is 4.24. The van der Waals surface area contributed by atoms with Gasteiger partial charge in [-0.3, -0.25) is 4.79 Å². The third-order valence-electron chi connectivity index (χ3n) is 3.71. The minimum Gasteiger partial charge on any atom is -0.469 e. The number of aryl methyl sites for hydroxylation is 1. The van der Waals surface area contributed by atoms with E-state index in [-0.39, 0.29) is 11.9 Å². The Balaban J connectivity index is 1.98. The van der Waals surface area contributed by atoms with Gasteiger partial charge >= 0.3 is 5.97 Å². The smallest absolute Gasteiger partial charge is 0.308 e. The molecule has 1 aliphatic rings. The molecule has 1 fully saturated rings. The molecule has 98 valence electrons. The topological polar surface area (TPSA) is 38.3 Å². The molecule has 2 atom stereocenters. The molecule has 2 rings (SSSR count). The Hall–Kier alpha value is -1.51. The van der Waals surface area contributed by atoms with E-state index < -0.39 is 0 Å². The summed E-state index contributed by atoms with van der Waals surface area (Å²) in [5.41, 5.74) is 2.42. The fourth-order valence-electron chi connectivity index (χ4n) is 2.66. The summed E-state index contributed by atoms with van der Waals surface area (Å²) in [4.78, 5) is 11.6. The summed E-state index contributed by atoms with van der Waals surface area (Å²) < 4.78 is 4.85. The molecule has 0 radical (unpaired) electrons. The predicted octanol–water partition coefficient (Wildman–Crippen LogP) is 3.14. The van der Waals surface area contributed by atoms with Crippen LogP contribution in [0.1, 0.15) is 31.2 Å². The summed E-state index contributed by atoms with van der Waals surface area (Å²) >= 11 is 0. The van der Waals surface area contributed by atoms with Crippen molar-refractivity contribution in [2.45, 2.75) is 38.6 Å². The molecule has 0 aromatic heterocycles. The molecule has 0 saturated heterocycles. The van der Waals surface area contributed by atoms with E-state index in [4.69, 9.17) is 4.74 Å². The van der Waals surface area contributed by atoms with Gasteiger partial charge in [0.1, 0.15) is 0 Å². The molecular formula is C15H21NO2. The van der Waals surface area contributed by atoms with Crippen molar-refractivity contribution < 1.29 is 9.53 Å². The van der Waals surface area contributed by atoms with Gasteiger partial charge in [-0.05, 0) is 37.8 Å². The lowest BCUT2D eigenvalue weighted by molar-refractivity contribution is -0.146. The van der Waals surface area contributed by atoms with Crippen molar-refractivity contribution >= 4 is 11.7 Å². The molecular weight excluding hydrogens is 226 g/mol. The maximum Gasteiger partial charge on any atom is 0.308 e. The number of ether oxygens (including phenoxy) is 1. The molecule has 0 heterocycles. The van der Waals surface area contributed by atoms with Gasteiger partial charge in [0.15, 0.2) is 0 Å². The van der Waals surface area contributed by atoms with Crippen LogP contribution in [0.4, 0.5) is 5.69 Å². The summed E-state index contributed by atoms with van der Waals surface area (Å²) in [6.07, 6.45) is 4.05. The maximum atomic E-state index is 11.6. The first-order valence-electron chi connectivity index (χ1n) is 6.60. The summed E-state index contributed by atoms with van der Waals surface area (Å²) in [7, 11) is 1.47. The monoisotopic (exact) mass is 247 g/mol. The third-order valence-corrected chi connectivity index (χ3v) is 3.71. The van der Waals surface area contributed by atoms with E-state index in [0.29, 0.717) is 6.04 Å². The molecule has 0 bridgehead atoms. The lowest BCUT2D eigenvalue weighted by atomic mass is 9.85. The van der Waals surface area contributed by atoms with E-state index in [9.17, 15) is 4.79 Å². The van der Waals surface area contributed by atoms with Gasteiger partial charge in [-0.25, -0.2) is 0 Å². The van der Waals surface area contributed by atoms with Crippen LogP contribution in [0, 0.1) is 12.8 Å². The van der Waals surface area contributed by atoms with Crippen LogP contribution in [0.3, 0.4) is 0 Å². The van der Waals surface area contributed by atoms with Crippen LogP contribution in [0.2, 0.25) is 0 Å². The normalized spacial score (nSPS) is 23.4. The van der Waals surface area contributed by atoms with Crippen LogP contribution in [0.5, 0.6) is 0 Å². The van der Waals surface area contributed by atoms with Crippen molar-refractivity contribution in [1.29, 1.82) is 0 Å². The van der Waals surface area contributed by atoms with Crippen LogP contribution < -0.4 is 5.32 Å². The summed E-state index contributed by atoms with van der Waals surface area (Å²) in [6, 6.07) is 8.65. The molecule has 18 heavy (non-hydrogen) atoms. The number of anilines is 1. The molecule has 1 saturated carbocycles. The van der Waals surface area contributed by atoms with Crippen molar-refractivity contribution in [3.8, 4) is 0 Å². The minimum atomic E-state index is -0.0636. The van der Waals surface area contributed by atoms with Crippen molar-refractivity contribution in [3.05, 3.63) is 29.8 Å². The largest absolute Gasteiger partial charge is 0.469 e. The van der Waals surface area contributed by atoms with Gasteiger partial charge in [0.05, 0.1) is 13.0 Å². The van der Waals surface area contributed by atoms with Crippen molar-refractivity contribution in [2.24, 2.45) is 5.92 Å². The Bertz CT molecular complexity index is 417. The SMILES string of the molecule is COC(=O)C1CCCC(Nc2ccccc2C)C1. The Morgan fingerprint density at radius 3 is 2.83 bits per heavy atom. The van der Waals surface area contributed by atoms with Gasteiger partial charge in [0.2, 0.25) is 0 Å². The van der Waals surface area contributed by atoms with Gasteiger partial charge in [-0.2, -0.15) is 0 Å². The fourth-order valence-corrected chi connectivity index (χ4v) is 2.66. The van der Waals surface area contributed by atoms with E-state index in [1.54, 1.807) is 0 Å². The first-order chi connectivity index (χ1) is 8.70. The number of methoxy groups -OCH3 is 1. The number of carbonyl (C=O) groups excluding carboxylic acids is 1. The third kappa shape index (κ3) is 3.03. The van der Waals surface area contributed by atoms with Gasteiger partial charge in [0.25, 0.3) is 0 Å². The van der Waals surface area contributed by atoms with Crippen LogP contribution in [-0.4, -0.2) is 19.1 Å². The molecule has 0 spiro atoms. The second-order valence-corrected chi connectivity index (χ2v) is 5.04. The van der Waals surface area contributed by atoms with E-state index in [1.165, 1.54) is 18.4 Å². The summed E-state index contributed by atoms with van der Waals surface area (Å²) in [6.45, 7) is 2.10. The standard InChI is InChI=1S/C15H21NO2/c1-11-6-3-4-9-14(11)16-13-8-5-7-12(10-13)15(17)18-2/h3-4,6,9,12-13,16H,5,7-8,10H2,1-2H3. The van der Waals surface area contributed by atoms with E-state index >= 15 is 0 Å². The zero-order valence-electron chi connectivity index (χ0n) is 11.1. The van der Waals surface area contributed by atoms with Crippen molar-refractivity contribution in [1.82, 2.24) is 0 Å². The fraction of sp³-hybridized carbons (Fsp3) is 0.533. The van der Waals surface area contributed by atoms with Gasteiger partial charge in [0, 0.05) is 11.7 Å². The van der Waals surface area contributed by atoms with Crippen LogP contribution >= 0.6 is 0 Å². The zero-order valence-corrected chi connectivity index (χ0v) is 11.1. The zero-order chi connectivity index (χ0) is 13.0. The quantitative estimate of drug-likeness (QED) is 0.834. The van der Waals surface area contributed by atoms with Crippen molar-refractivity contribution in [2.75, 3.05) is 12.4 Å². The Morgan fingerprint density at radius 1 is 1.33 bits per heavy atom. The highest BCUT2D eigenvalue weighted by Crippen LogP contribution is 2.28. The average molecular weight is 247 g/mol. The number of rotatable bonds is 3. The molecule has 1 aliphatic carbocycles. The predicted molar refractivity (Wildman–Crippen MR) is 72.6 cm³/mol. The first-order valence-corrected chi connectivity index (χ1v) is 6.60. The average Bonchev–Trinajstić information content (AvgIpc) is 2.41. The number of nitrogens with one attached hydrogen (secondary N) is 1. The highest BCUT2D eigenvalue weighted by Gasteiger charge is 2.27. The second-order valence-electron chi connectivity index (χ2n) is 5.04. The molecule has 0 amide bonds. The highest BCUT2D eigenvalue weighted by atomic mass is 16.5. The Morgan fingerprint density at radius 2 is 2.11 bits per heavy atom. The number of hydrogen-bond donors (Lipinski definition) is 1. The molecule has 1 aromatic carbocycles. The summed E-state index contributed by atoms with van der Waals surface area (Å²) in [5.74, 6) is -0.00319. The molecule has 3 nitrogen and oxygen atoms in total. The highest BCUT2D eigenvalue weighted by molar-refractivity contribution is 5.72. The number of para-hydroxylation sites is 1. The second kappa shape index (κ2) is 5.89. The molecule has 1 N–H and O–H groups in total. The van der Waals surface area contributed by atoms with Gasteiger partial charge < -0.3 is 10.1 Å². The van der Waals surface area contributed by atoms with E-state index in [2.05, 4.69) is 24.4 Å². The number of benzene rings is 1. The first kappa shape index (κ1) is 12.9. The van der Waals surface area contributed by atoms with Crippen LogP contribution in [0.25, 0.3) is 0 Å². The molecule has 3 heteroatoms. The molecule has 0 aliphatic heterocycles. The Labute approximate surface area is 109 Å². The van der Waals surface area contributed by atoms with Gasteiger partial charge in [-0.15, -0.1) is 0 Å². The lowest BCUT2D eigenvalue weighted by Crippen LogP contribution is -2.31.